The van der Waals surface area contributed by atoms with Gasteiger partial charge < -0.3 is 13.9 Å². The second-order valence-corrected chi connectivity index (χ2v) is 7.37. The van der Waals surface area contributed by atoms with Crippen LogP contribution in [0, 0.1) is 0 Å². The van der Waals surface area contributed by atoms with Crippen LogP contribution in [0.4, 0.5) is 13.2 Å². The Kier molecular flexibility index (Phi) is 5.84. The van der Waals surface area contributed by atoms with Crippen molar-refractivity contribution in [3.8, 4) is 22.6 Å². The Bertz CT molecular complexity index is 1310. The van der Waals surface area contributed by atoms with Crippen LogP contribution in [0.2, 0.25) is 5.02 Å². The minimum absolute atomic E-state index is 0.0137. The molecule has 4 rings (SSSR count). The molecule has 1 aromatic heterocycles. The lowest BCUT2D eigenvalue weighted by Crippen LogP contribution is -2.16. The van der Waals surface area contributed by atoms with Gasteiger partial charge in [0.15, 0.2) is 0 Å². The number of fused-ring (bicyclic) bond motifs is 1. The molecule has 0 amide bonds. The molecule has 0 spiro atoms. The van der Waals surface area contributed by atoms with Crippen molar-refractivity contribution < 1.29 is 27.1 Å². The van der Waals surface area contributed by atoms with Crippen molar-refractivity contribution in [2.75, 3.05) is 7.11 Å². The molecule has 4 aromatic rings. The number of benzene rings is 3. The summed E-state index contributed by atoms with van der Waals surface area (Å²) in [6.45, 7) is 0.175. The third-order valence-corrected chi connectivity index (χ3v) is 5.07. The maximum absolute atomic E-state index is 13.8. The highest BCUT2D eigenvalue weighted by Gasteiger charge is 2.39. The first-order chi connectivity index (χ1) is 15.3. The number of rotatable bonds is 5. The summed E-state index contributed by atoms with van der Waals surface area (Å²) in [6.07, 6.45) is -4.87. The summed E-state index contributed by atoms with van der Waals surface area (Å²) in [5.74, 6) is -0.411. The largest absolute Gasteiger partial charge is 0.497 e. The second kappa shape index (κ2) is 8.59. The van der Waals surface area contributed by atoms with Crippen LogP contribution in [0.3, 0.4) is 0 Å². The Hall–Kier alpha value is -3.45. The number of hydrogen-bond acceptors (Lipinski definition) is 4. The van der Waals surface area contributed by atoms with E-state index in [1.165, 1.54) is 42.5 Å². The van der Waals surface area contributed by atoms with Crippen molar-refractivity contribution in [1.82, 2.24) is 0 Å². The van der Waals surface area contributed by atoms with Crippen molar-refractivity contribution in [3.63, 3.8) is 0 Å². The highest BCUT2D eigenvalue weighted by Crippen LogP contribution is 2.38. The molecule has 0 aliphatic carbocycles. The summed E-state index contributed by atoms with van der Waals surface area (Å²) in [7, 11) is 1.56. The van der Waals surface area contributed by atoms with E-state index in [1.807, 2.05) is 0 Å². The Labute approximate surface area is 185 Å². The predicted molar refractivity (Wildman–Crippen MR) is 115 cm³/mol. The lowest BCUT2D eigenvalue weighted by Gasteiger charge is -2.13. The molecule has 0 aliphatic rings. The van der Waals surface area contributed by atoms with Gasteiger partial charge in [0.25, 0.3) is 0 Å². The lowest BCUT2D eigenvalue weighted by molar-refractivity contribution is -0.152. The van der Waals surface area contributed by atoms with Crippen molar-refractivity contribution in [1.29, 1.82) is 0 Å². The topological polar surface area (TPSA) is 48.7 Å². The number of hydrogen-bond donors (Lipinski definition) is 0. The standard InChI is InChI=1S/C24H16ClF3O4/c1-30-17-8-2-14(3-9-17)13-31-18-10-11-19-20(12-18)32-23(24(26,27)28)21(22(19)29)15-4-6-16(25)7-5-15/h2-12H,13H2,1H3. The number of ether oxygens (including phenoxy) is 2. The molecule has 0 saturated carbocycles. The minimum atomic E-state index is -4.87. The van der Waals surface area contributed by atoms with Gasteiger partial charge in [-0.05, 0) is 47.5 Å². The van der Waals surface area contributed by atoms with Crippen molar-refractivity contribution in [2.24, 2.45) is 0 Å². The molecule has 0 atom stereocenters. The van der Waals surface area contributed by atoms with Crippen molar-refractivity contribution in [2.45, 2.75) is 12.8 Å². The summed E-state index contributed by atoms with van der Waals surface area (Å²) in [4.78, 5) is 13.0. The predicted octanol–water partition coefficient (Wildman–Crippen LogP) is 6.72. The van der Waals surface area contributed by atoms with Gasteiger partial charge in [-0.2, -0.15) is 13.2 Å². The fraction of sp³-hybridized carbons (Fsp3) is 0.125. The van der Waals surface area contributed by atoms with E-state index in [1.54, 1.807) is 31.4 Å². The molecule has 0 saturated heterocycles. The maximum atomic E-state index is 13.8. The molecule has 1 heterocycles. The molecule has 0 N–H and O–H groups in total. The van der Waals surface area contributed by atoms with Crippen LogP contribution in [-0.2, 0) is 12.8 Å². The summed E-state index contributed by atoms with van der Waals surface area (Å²) in [6, 6.07) is 16.9. The van der Waals surface area contributed by atoms with E-state index in [4.69, 9.17) is 25.5 Å². The summed E-state index contributed by atoms with van der Waals surface area (Å²) in [5.41, 5.74) is -0.665. The number of methoxy groups -OCH3 is 1. The van der Waals surface area contributed by atoms with Crippen LogP contribution in [0.5, 0.6) is 11.5 Å². The monoisotopic (exact) mass is 460 g/mol. The Morgan fingerprint density at radius 1 is 0.938 bits per heavy atom. The van der Waals surface area contributed by atoms with Crippen molar-refractivity contribution >= 4 is 22.6 Å². The molecular formula is C24H16ClF3O4. The minimum Gasteiger partial charge on any atom is -0.497 e. The maximum Gasteiger partial charge on any atom is 0.450 e. The SMILES string of the molecule is COc1ccc(COc2ccc3c(=O)c(-c4ccc(Cl)cc4)c(C(F)(F)F)oc3c2)cc1. The van der Waals surface area contributed by atoms with Crippen LogP contribution < -0.4 is 14.9 Å². The van der Waals surface area contributed by atoms with E-state index in [0.29, 0.717) is 10.8 Å². The smallest absolute Gasteiger partial charge is 0.450 e. The van der Waals surface area contributed by atoms with Crippen LogP contribution >= 0.6 is 11.6 Å². The van der Waals surface area contributed by atoms with Crippen LogP contribution in [0.1, 0.15) is 11.3 Å². The summed E-state index contributed by atoms with van der Waals surface area (Å²) >= 11 is 5.83. The first-order valence-electron chi connectivity index (χ1n) is 9.46. The van der Waals surface area contributed by atoms with Crippen LogP contribution in [0.15, 0.2) is 75.9 Å². The summed E-state index contributed by atoms with van der Waals surface area (Å²) in [5, 5.41) is 0.353. The van der Waals surface area contributed by atoms with Gasteiger partial charge in [-0.15, -0.1) is 0 Å². The molecule has 32 heavy (non-hydrogen) atoms. The Morgan fingerprint density at radius 2 is 1.59 bits per heavy atom. The molecule has 0 radical (unpaired) electrons. The van der Waals surface area contributed by atoms with Gasteiger partial charge in [0, 0.05) is 11.1 Å². The zero-order chi connectivity index (χ0) is 22.9. The normalized spacial score (nSPS) is 11.5. The fourth-order valence-electron chi connectivity index (χ4n) is 3.23. The molecular weight excluding hydrogens is 445 g/mol. The quantitative estimate of drug-likeness (QED) is 0.332. The van der Waals surface area contributed by atoms with Crippen LogP contribution in [-0.4, -0.2) is 7.11 Å². The molecule has 4 nitrogen and oxygen atoms in total. The number of halogens is 4. The van der Waals surface area contributed by atoms with Gasteiger partial charge in [0.1, 0.15) is 23.7 Å². The summed E-state index contributed by atoms with van der Waals surface area (Å²) < 4.78 is 57.2. The average molecular weight is 461 g/mol. The van der Waals surface area contributed by atoms with E-state index in [9.17, 15) is 18.0 Å². The molecule has 0 unspecified atom stereocenters. The Morgan fingerprint density at radius 3 is 2.22 bits per heavy atom. The second-order valence-electron chi connectivity index (χ2n) is 6.93. The molecule has 0 bridgehead atoms. The van der Waals surface area contributed by atoms with E-state index in [2.05, 4.69) is 0 Å². The van der Waals surface area contributed by atoms with Gasteiger partial charge in [0.2, 0.25) is 11.2 Å². The lowest BCUT2D eigenvalue weighted by atomic mass is 10.0. The average Bonchev–Trinajstić information content (AvgIpc) is 2.78. The third-order valence-electron chi connectivity index (χ3n) is 4.82. The first kappa shape index (κ1) is 21.8. The fourth-order valence-corrected chi connectivity index (χ4v) is 3.36. The van der Waals surface area contributed by atoms with Crippen molar-refractivity contribution in [3.05, 3.63) is 93.3 Å². The highest BCUT2D eigenvalue weighted by molar-refractivity contribution is 6.30. The van der Waals surface area contributed by atoms with E-state index in [-0.39, 0.29) is 28.9 Å². The van der Waals surface area contributed by atoms with Crippen LogP contribution in [0.25, 0.3) is 22.1 Å². The van der Waals surface area contributed by atoms with Gasteiger partial charge >= 0.3 is 6.18 Å². The molecule has 3 aromatic carbocycles. The molecule has 8 heteroatoms. The molecule has 0 fully saturated rings. The van der Waals surface area contributed by atoms with Gasteiger partial charge in [-0.1, -0.05) is 35.9 Å². The third kappa shape index (κ3) is 4.43. The van der Waals surface area contributed by atoms with E-state index < -0.39 is 22.9 Å². The molecule has 164 valence electrons. The van der Waals surface area contributed by atoms with Gasteiger partial charge in [0.05, 0.1) is 18.1 Å². The van der Waals surface area contributed by atoms with Gasteiger partial charge in [-0.25, -0.2) is 0 Å². The zero-order valence-electron chi connectivity index (χ0n) is 16.7. The van der Waals surface area contributed by atoms with E-state index >= 15 is 0 Å². The molecule has 0 aliphatic heterocycles. The van der Waals surface area contributed by atoms with E-state index in [0.717, 1.165) is 5.56 Å². The zero-order valence-corrected chi connectivity index (χ0v) is 17.5. The van der Waals surface area contributed by atoms with Gasteiger partial charge in [-0.3, -0.25) is 4.79 Å². The number of alkyl halides is 3. The highest BCUT2D eigenvalue weighted by atomic mass is 35.5. The Balaban J connectivity index is 1.74. The first-order valence-corrected chi connectivity index (χ1v) is 9.84.